The third kappa shape index (κ3) is 2.10. The standard InChI is InChI=1S/C14H16N2O3/c1-8-6-7-11(19-8)13-15-10-5-3-4-9(12(10)16-13)14(17)18-2/h3-5,8,11H,6-7H2,1-2H3,(H,15,16). The molecular weight excluding hydrogens is 244 g/mol. The number of nitrogens with zero attached hydrogens (tertiary/aromatic N) is 1. The van der Waals surface area contributed by atoms with Crippen LogP contribution in [0.4, 0.5) is 0 Å². The predicted molar refractivity (Wildman–Crippen MR) is 70.0 cm³/mol. The van der Waals surface area contributed by atoms with Crippen LogP contribution in [0.3, 0.4) is 0 Å². The fourth-order valence-corrected chi connectivity index (χ4v) is 2.48. The molecule has 100 valence electrons. The number of rotatable bonds is 2. The Balaban J connectivity index is 2.03. The smallest absolute Gasteiger partial charge is 0.340 e. The summed E-state index contributed by atoms with van der Waals surface area (Å²) >= 11 is 0. The van der Waals surface area contributed by atoms with Crippen LogP contribution in [-0.4, -0.2) is 29.2 Å². The molecule has 19 heavy (non-hydrogen) atoms. The zero-order valence-electron chi connectivity index (χ0n) is 11.0. The molecule has 1 aliphatic rings. The molecule has 0 spiro atoms. The molecule has 5 heteroatoms. The Morgan fingerprint density at radius 2 is 2.32 bits per heavy atom. The minimum Gasteiger partial charge on any atom is -0.465 e. The van der Waals surface area contributed by atoms with E-state index in [2.05, 4.69) is 16.9 Å². The molecule has 2 aromatic rings. The Kier molecular flexibility index (Phi) is 2.98. The summed E-state index contributed by atoms with van der Waals surface area (Å²) < 4.78 is 10.6. The summed E-state index contributed by atoms with van der Waals surface area (Å²) in [6.45, 7) is 2.06. The number of aromatic nitrogens is 2. The Morgan fingerprint density at radius 1 is 1.47 bits per heavy atom. The maximum absolute atomic E-state index is 11.7. The lowest BCUT2D eigenvalue weighted by Crippen LogP contribution is -2.03. The van der Waals surface area contributed by atoms with E-state index in [1.54, 1.807) is 6.07 Å². The highest BCUT2D eigenvalue weighted by atomic mass is 16.5. The Hall–Kier alpha value is -1.88. The quantitative estimate of drug-likeness (QED) is 0.843. The summed E-state index contributed by atoms with van der Waals surface area (Å²) in [6.07, 6.45) is 2.24. The molecule has 0 aliphatic carbocycles. The van der Waals surface area contributed by atoms with Crippen molar-refractivity contribution in [2.45, 2.75) is 32.0 Å². The van der Waals surface area contributed by atoms with Gasteiger partial charge in [-0.15, -0.1) is 0 Å². The summed E-state index contributed by atoms with van der Waals surface area (Å²) in [4.78, 5) is 19.5. The van der Waals surface area contributed by atoms with Crippen LogP contribution in [-0.2, 0) is 9.47 Å². The van der Waals surface area contributed by atoms with Gasteiger partial charge in [-0.2, -0.15) is 0 Å². The van der Waals surface area contributed by atoms with E-state index in [1.807, 2.05) is 12.1 Å². The van der Waals surface area contributed by atoms with Gasteiger partial charge < -0.3 is 14.5 Å². The number of hydrogen-bond acceptors (Lipinski definition) is 4. The molecule has 0 radical (unpaired) electrons. The van der Waals surface area contributed by atoms with Crippen molar-refractivity contribution in [1.29, 1.82) is 0 Å². The van der Waals surface area contributed by atoms with Crippen LogP contribution in [0.5, 0.6) is 0 Å². The number of carbonyl (C=O) groups excluding carboxylic acids is 1. The van der Waals surface area contributed by atoms with Crippen molar-refractivity contribution in [1.82, 2.24) is 9.97 Å². The largest absolute Gasteiger partial charge is 0.465 e. The topological polar surface area (TPSA) is 64.2 Å². The van der Waals surface area contributed by atoms with E-state index in [0.717, 1.165) is 24.2 Å². The molecule has 1 fully saturated rings. The first-order valence-corrected chi connectivity index (χ1v) is 6.41. The predicted octanol–water partition coefficient (Wildman–Crippen LogP) is 2.59. The van der Waals surface area contributed by atoms with Gasteiger partial charge in [0.2, 0.25) is 0 Å². The number of H-pyrrole nitrogens is 1. The SMILES string of the molecule is COC(=O)c1cccc2[nH]c(C3CCC(C)O3)nc12. The van der Waals surface area contributed by atoms with E-state index in [1.165, 1.54) is 7.11 Å². The first-order valence-electron chi connectivity index (χ1n) is 6.41. The Bertz CT molecular complexity index is 620. The molecule has 0 amide bonds. The van der Waals surface area contributed by atoms with Gasteiger partial charge in [-0.1, -0.05) is 6.07 Å². The van der Waals surface area contributed by atoms with Crippen molar-refractivity contribution in [3.63, 3.8) is 0 Å². The van der Waals surface area contributed by atoms with E-state index in [0.29, 0.717) is 11.1 Å². The molecule has 1 aliphatic heterocycles. The van der Waals surface area contributed by atoms with Gasteiger partial charge in [0.05, 0.1) is 24.3 Å². The van der Waals surface area contributed by atoms with Crippen molar-refractivity contribution in [2.75, 3.05) is 7.11 Å². The lowest BCUT2D eigenvalue weighted by atomic mass is 10.2. The van der Waals surface area contributed by atoms with Crippen LogP contribution in [0.15, 0.2) is 18.2 Å². The van der Waals surface area contributed by atoms with Gasteiger partial charge in [-0.05, 0) is 31.9 Å². The summed E-state index contributed by atoms with van der Waals surface area (Å²) in [5, 5.41) is 0. The van der Waals surface area contributed by atoms with E-state index in [-0.39, 0.29) is 18.2 Å². The number of methoxy groups -OCH3 is 1. The Labute approximate surface area is 110 Å². The molecular formula is C14H16N2O3. The maximum atomic E-state index is 11.7. The molecule has 1 saturated heterocycles. The molecule has 1 N–H and O–H groups in total. The van der Waals surface area contributed by atoms with Crippen molar-refractivity contribution >= 4 is 17.0 Å². The van der Waals surface area contributed by atoms with E-state index in [4.69, 9.17) is 9.47 Å². The molecule has 1 aromatic heterocycles. The molecule has 0 saturated carbocycles. The van der Waals surface area contributed by atoms with Gasteiger partial charge >= 0.3 is 5.97 Å². The number of esters is 1. The molecule has 1 aromatic carbocycles. The highest BCUT2D eigenvalue weighted by molar-refractivity contribution is 6.01. The van der Waals surface area contributed by atoms with Crippen molar-refractivity contribution in [2.24, 2.45) is 0 Å². The number of hydrogen-bond donors (Lipinski definition) is 1. The number of carbonyl (C=O) groups is 1. The van der Waals surface area contributed by atoms with Crippen molar-refractivity contribution in [3.05, 3.63) is 29.6 Å². The third-order valence-electron chi connectivity index (χ3n) is 3.47. The number of benzene rings is 1. The fraction of sp³-hybridized carbons (Fsp3) is 0.429. The summed E-state index contributed by atoms with van der Waals surface area (Å²) in [5.41, 5.74) is 1.96. The molecule has 3 rings (SSSR count). The Morgan fingerprint density at radius 3 is 3.00 bits per heavy atom. The highest BCUT2D eigenvalue weighted by Gasteiger charge is 2.26. The molecule has 5 nitrogen and oxygen atoms in total. The van der Waals surface area contributed by atoms with E-state index >= 15 is 0 Å². The van der Waals surface area contributed by atoms with Crippen molar-refractivity contribution < 1.29 is 14.3 Å². The summed E-state index contributed by atoms with van der Waals surface area (Å²) in [7, 11) is 1.37. The minimum atomic E-state index is -0.371. The maximum Gasteiger partial charge on any atom is 0.340 e. The molecule has 2 heterocycles. The van der Waals surface area contributed by atoms with Gasteiger partial charge in [0, 0.05) is 0 Å². The zero-order valence-corrected chi connectivity index (χ0v) is 11.0. The average Bonchev–Trinajstić information content (AvgIpc) is 3.02. The number of para-hydroxylation sites is 1. The van der Waals surface area contributed by atoms with Gasteiger partial charge in [0.25, 0.3) is 0 Å². The number of imidazole rings is 1. The average molecular weight is 260 g/mol. The number of aromatic amines is 1. The van der Waals surface area contributed by atoms with Crippen LogP contribution in [0.25, 0.3) is 11.0 Å². The fourth-order valence-electron chi connectivity index (χ4n) is 2.48. The van der Waals surface area contributed by atoms with Crippen LogP contribution in [0.1, 0.15) is 42.1 Å². The van der Waals surface area contributed by atoms with E-state index < -0.39 is 0 Å². The number of ether oxygens (including phenoxy) is 2. The van der Waals surface area contributed by atoms with Crippen LogP contribution in [0.2, 0.25) is 0 Å². The van der Waals surface area contributed by atoms with Gasteiger partial charge in [0.1, 0.15) is 17.4 Å². The van der Waals surface area contributed by atoms with Gasteiger partial charge in [-0.25, -0.2) is 9.78 Å². The number of nitrogens with one attached hydrogen (secondary N) is 1. The second-order valence-electron chi connectivity index (χ2n) is 4.83. The lowest BCUT2D eigenvalue weighted by molar-refractivity contribution is 0.0509. The van der Waals surface area contributed by atoms with Gasteiger partial charge in [-0.3, -0.25) is 0 Å². The van der Waals surface area contributed by atoms with Crippen LogP contribution >= 0.6 is 0 Å². The second-order valence-corrected chi connectivity index (χ2v) is 4.83. The number of fused-ring (bicyclic) bond motifs is 1. The molecule has 2 unspecified atom stereocenters. The summed E-state index contributed by atoms with van der Waals surface area (Å²) in [6, 6.07) is 5.43. The van der Waals surface area contributed by atoms with E-state index in [9.17, 15) is 4.79 Å². The summed E-state index contributed by atoms with van der Waals surface area (Å²) in [5.74, 6) is 0.417. The van der Waals surface area contributed by atoms with Crippen LogP contribution in [0, 0.1) is 0 Å². The second kappa shape index (κ2) is 4.66. The molecule has 2 atom stereocenters. The van der Waals surface area contributed by atoms with Gasteiger partial charge in [0.15, 0.2) is 0 Å². The highest BCUT2D eigenvalue weighted by Crippen LogP contribution is 2.32. The molecule has 0 bridgehead atoms. The first-order chi connectivity index (χ1) is 9.19. The third-order valence-corrected chi connectivity index (χ3v) is 3.47. The van der Waals surface area contributed by atoms with Crippen LogP contribution < -0.4 is 0 Å². The lowest BCUT2D eigenvalue weighted by Gasteiger charge is -2.06. The zero-order chi connectivity index (χ0) is 13.4. The monoisotopic (exact) mass is 260 g/mol. The van der Waals surface area contributed by atoms with Crippen molar-refractivity contribution in [3.8, 4) is 0 Å². The first kappa shape index (κ1) is 12.2. The minimum absolute atomic E-state index is 0.00658. The normalized spacial score (nSPS) is 22.8.